The number of benzene rings is 3. The molecular formula is C29H30O6. The van der Waals surface area contributed by atoms with E-state index in [1.54, 1.807) is 0 Å². The summed E-state index contributed by atoms with van der Waals surface area (Å²) in [6.07, 6.45) is 1.43. The second-order valence-corrected chi connectivity index (χ2v) is 9.17. The number of hydrogen-bond acceptors (Lipinski definition) is 6. The fraction of sp³-hybridized carbons (Fsp3) is 0.379. The molecule has 0 saturated carbocycles. The summed E-state index contributed by atoms with van der Waals surface area (Å²) in [4.78, 5) is 0. The van der Waals surface area contributed by atoms with E-state index in [1.807, 2.05) is 0 Å². The van der Waals surface area contributed by atoms with E-state index in [-0.39, 0.29) is 18.9 Å². The van der Waals surface area contributed by atoms with E-state index >= 15 is 0 Å². The summed E-state index contributed by atoms with van der Waals surface area (Å²) in [6, 6.07) is 23.5. The van der Waals surface area contributed by atoms with Gasteiger partial charge in [0.1, 0.15) is 19.8 Å². The standard InChI is InChI=1S/C29H30O6/c1-3-8-24(14-30-27-17-33-27)20(6-1)12-22-10-5-11-23(26(22)16-32-29-19-35-29)13-21-7-2-4-9-25(21)15-31-28-18-34-28/h1-11,27-29H,12-19H2. The smallest absolute Gasteiger partial charge is 0.181 e. The van der Waals surface area contributed by atoms with Gasteiger partial charge in [0, 0.05) is 0 Å². The predicted octanol–water partition coefficient (Wildman–Crippen LogP) is 4.49. The topological polar surface area (TPSA) is 65.3 Å². The van der Waals surface area contributed by atoms with E-state index in [1.165, 1.54) is 38.9 Å². The SMILES string of the molecule is c1ccc(Cc2cccc(Cc3ccccc3COC3CO3)c2COC2CO2)c(COC2CO2)c1. The van der Waals surface area contributed by atoms with Crippen LogP contribution in [0.4, 0.5) is 0 Å². The van der Waals surface area contributed by atoms with Crippen LogP contribution in [0.25, 0.3) is 0 Å². The first-order chi connectivity index (χ1) is 17.3. The van der Waals surface area contributed by atoms with Crippen molar-refractivity contribution in [3.63, 3.8) is 0 Å². The first-order valence-electron chi connectivity index (χ1n) is 12.2. The Morgan fingerprint density at radius 3 is 1.29 bits per heavy atom. The average Bonchev–Trinajstić information content (AvgIpc) is 3.74. The third-order valence-corrected chi connectivity index (χ3v) is 6.54. The lowest BCUT2D eigenvalue weighted by Crippen LogP contribution is -2.08. The Kier molecular flexibility index (Phi) is 6.91. The summed E-state index contributed by atoms with van der Waals surface area (Å²) in [7, 11) is 0. The second kappa shape index (κ2) is 10.6. The molecule has 0 bridgehead atoms. The van der Waals surface area contributed by atoms with E-state index in [4.69, 9.17) is 28.4 Å². The molecule has 0 aromatic heterocycles. The molecule has 0 aliphatic carbocycles. The highest BCUT2D eigenvalue weighted by Gasteiger charge is 2.26. The van der Waals surface area contributed by atoms with Gasteiger partial charge >= 0.3 is 0 Å². The Bertz CT molecular complexity index is 1070. The molecule has 6 nitrogen and oxygen atoms in total. The molecule has 0 radical (unpaired) electrons. The van der Waals surface area contributed by atoms with Crippen molar-refractivity contribution in [3.8, 4) is 0 Å². The van der Waals surface area contributed by atoms with Crippen molar-refractivity contribution < 1.29 is 28.4 Å². The Balaban J connectivity index is 1.26. The molecule has 3 atom stereocenters. The molecule has 0 amide bonds. The number of epoxide rings is 3. The molecule has 3 aliphatic rings. The Labute approximate surface area is 205 Å². The molecular weight excluding hydrogens is 444 g/mol. The van der Waals surface area contributed by atoms with Gasteiger partial charge in [0.15, 0.2) is 18.9 Å². The number of hydrogen-bond donors (Lipinski definition) is 0. The minimum Gasteiger partial charge on any atom is -0.346 e. The molecule has 3 heterocycles. The molecule has 0 spiro atoms. The van der Waals surface area contributed by atoms with Crippen LogP contribution in [0, 0.1) is 0 Å². The third-order valence-electron chi connectivity index (χ3n) is 6.54. The highest BCUT2D eigenvalue weighted by atomic mass is 16.8. The Hall–Kier alpha value is -2.58. The lowest BCUT2D eigenvalue weighted by Gasteiger charge is -2.18. The summed E-state index contributed by atoms with van der Waals surface area (Å²) in [5, 5.41) is 0. The normalized spacial score (nSPS) is 22.2. The maximum Gasteiger partial charge on any atom is 0.181 e. The quantitative estimate of drug-likeness (QED) is 0.340. The molecule has 182 valence electrons. The van der Waals surface area contributed by atoms with Crippen LogP contribution >= 0.6 is 0 Å². The highest BCUT2D eigenvalue weighted by Crippen LogP contribution is 2.27. The summed E-state index contributed by atoms with van der Waals surface area (Å²) in [6.45, 7) is 3.69. The first-order valence-corrected chi connectivity index (χ1v) is 12.2. The first kappa shape index (κ1) is 22.9. The molecule has 6 rings (SSSR count). The van der Waals surface area contributed by atoms with Gasteiger partial charge in [-0.3, -0.25) is 0 Å². The monoisotopic (exact) mass is 474 g/mol. The fourth-order valence-electron chi connectivity index (χ4n) is 4.30. The lowest BCUT2D eigenvalue weighted by molar-refractivity contribution is 0.0378. The van der Waals surface area contributed by atoms with Gasteiger partial charge in [-0.25, -0.2) is 0 Å². The second-order valence-electron chi connectivity index (χ2n) is 9.17. The van der Waals surface area contributed by atoms with Gasteiger partial charge in [-0.2, -0.15) is 0 Å². The highest BCUT2D eigenvalue weighted by molar-refractivity contribution is 5.43. The van der Waals surface area contributed by atoms with Crippen molar-refractivity contribution in [2.45, 2.75) is 51.5 Å². The average molecular weight is 475 g/mol. The maximum absolute atomic E-state index is 6.03. The van der Waals surface area contributed by atoms with Crippen LogP contribution in [0.1, 0.15) is 38.9 Å². The van der Waals surface area contributed by atoms with Crippen LogP contribution in [-0.4, -0.2) is 38.7 Å². The minimum atomic E-state index is -0.0886. The van der Waals surface area contributed by atoms with Crippen LogP contribution in [0.2, 0.25) is 0 Å². The summed E-state index contributed by atoms with van der Waals surface area (Å²) in [5.74, 6) is 0. The Morgan fingerprint density at radius 2 is 0.857 bits per heavy atom. The molecule has 6 heteroatoms. The zero-order valence-electron chi connectivity index (χ0n) is 19.7. The Morgan fingerprint density at radius 1 is 0.486 bits per heavy atom. The molecule has 3 aromatic rings. The van der Waals surface area contributed by atoms with Gasteiger partial charge in [0.05, 0.1) is 19.8 Å². The van der Waals surface area contributed by atoms with Crippen LogP contribution in [0.5, 0.6) is 0 Å². The lowest BCUT2D eigenvalue weighted by atomic mass is 9.90. The zero-order chi connectivity index (χ0) is 23.5. The largest absolute Gasteiger partial charge is 0.346 e. The molecule has 3 saturated heterocycles. The minimum absolute atomic E-state index is 0.0515. The molecule has 3 unspecified atom stereocenters. The summed E-state index contributed by atoms with van der Waals surface area (Å²) in [5.41, 5.74) is 8.65. The van der Waals surface area contributed by atoms with Crippen molar-refractivity contribution >= 4 is 0 Å². The van der Waals surface area contributed by atoms with Crippen molar-refractivity contribution in [2.24, 2.45) is 0 Å². The zero-order valence-corrected chi connectivity index (χ0v) is 19.7. The number of ether oxygens (including phenoxy) is 6. The van der Waals surface area contributed by atoms with Gasteiger partial charge in [0.25, 0.3) is 0 Å². The molecule has 3 fully saturated rings. The van der Waals surface area contributed by atoms with E-state index in [0.717, 1.165) is 12.8 Å². The molecule has 3 aromatic carbocycles. The van der Waals surface area contributed by atoms with Crippen LogP contribution in [0.3, 0.4) is 0 Å². The van der Waals surface area contributed by atoms with Gasteiger partial charge in [-0.15, -0.1) is 0 Å². The van der Waals surface area contributed by atoms with Gasteiger partial charge < -0.3 is 28.4 Å². The van der Waals surface area contributed by atoms with Gasteiger partial charge in [0.2, 0.25) is 0 Å². The summed E-state index contributed by atoms with van der Waals surface area (Å²) < 4.78 is 33.4. The van der Waals surface area contributed by atoms with Crippen LogP contribution in [-0.2, 0) is 61.1 Å². The van der Waals surface area contributed by atoms with E-state index in [9.17, 15) is 0 Å². The molecule has 35 heavy (non-hydrogen) atoms. The number of rotatable bonds is 13. The molecule has 0 N–H and O–H groups in total. The van der Waals surface area contributed by atoms with Crippen molar-refractivity contribution in [2.75, 3.05) is 19.8 Å². The van der Waals surface area contributed by atoms with E-state index in [0.29, 0.717) is 39.6 Å². The maximum atomic E-state index is 6.03. The van der Waals surface area contributed by atoms with Crippen LogP contribution in [0.15, 0.2) is 66.7 Å². The van der Waals surface area contributed by atoms with Crippen molar-refractivity contribution in [1.29, 1.82) is 0 Å². The van der Waals surface area contributed by atoms with Crippen molar-refractivity contribution in [3.05, 3.63) is 106 Å². The van der Waals surface area contributed by atoms with Gasteiger partial charge in [-0.1, -0.05) is 66.7 Å². The fourth-order valence-corrected chi connectivity index (χ4v) is 4.30. The van der Waals surface area contributed by atoms with Crippen LogP contribution < -0.4 is 0 Å². The van der Waals surface area contributed by atoms with Gasteiger partial charge in [-0.05, 0) is 51.8 Å². The summed E-state index contributed by atoms with van der Waals surface area (Å²) >= 11 is 0. The van der Waals surface area contributed by atoms with E-state index in [2.05, 4.69) is 66.7 Å². The molecule has 3 aliphatic heterocycles. The third kappa shape index (κ3) is 6.35. The van der Waals surface area contributed by atoms with E-state index < -0.39 is 0 Å². The predicted molar refractivity (Wildman–Crippen MR) is 129 cm³/mol. The van der Waals surface area contributed by atoms with Crippen molar-refractivity contribution in [1.82, 2.24) is 0 Å².